The van der Waals surface area contributed by atoms with Crippen molar-refractivity contribution in [2.24, 2.45) is 5.73 Å². The molecular weight excluding hydrogens is 312 g/mol. The van der Waals surface area contributed by atoms with Gasteiger partial charge in [0.05, 0.1) is 22.3 Å². The zero-order valence-corrected chi connectivity index (χ0v) is 13.3. The minimum atomic E-state index is -0.432. The Morgan fingerprint density at radius 1 is 1.30 bits per heavy atom. The van der Waals surface area contributed by atoms with Crippen LogP contribution < -0.4 is 10.5 Å². The van der Waals surface area contributed by atoms with E-state index < -0.39 is 5.54 Å². The first-order valence-corrected chi connectivity index (χ1v) is 8.41. The number of rotatable bonds is 5. The number of para-hydroxylation sites is 1. The molecule has 0 amide bonds. The minimum absolute atomic E-state index is 0.405. The third kappa shape index (κ3) is 2.73. The van der Waals surface area contributed by atoms with Crippen LogP contribution in [0.5, 0.6) is 5.75 Å². The molecule has 0 atom stereocenters. The van der Waals surface area contributed by atoms with E-state index in [1.807, 2.05) is 29.6 Å². The maximum Gasteiger partial charge on any atom is 0.261 e. The highest BCUT2D eigenvalue weighted by Gasteiger charge is 2.39. The fourth-order valence-corrected chi connectivity index (χ4v) is 3.09. The second-order valence-corrected chi connectivity index (χ2v) is 6.42. The van der Waals surface area contributed by atoms with Crippen LogP contribution in [-0.2, 0) is 12.1 Å². The van der Waals surface area contributed by atoms with Gasteiger partial charge in [-0.25, -0.2) is 4.98 Å². The van der Waals surface area contributed by atoms with Gasteiger partial charge < -0.3 is 15.0 Å². The standard InChI is InChI=1S/C16H16N4O2S/c17-16(6-3-7-16)15-19-14(22-20-15)12-4-1-2-5-13(12)21-8-11-9-23-10-18-11/h1-2,4-5,9-10H,3,6-8,17H2. The van der Waals surface area contributed by atoms with Gasteiger partial charge in [0, 0.05) is 5.38 Å². The van der Waals surface area contributed by atoms with Gasteiger partial charge in [0.2, 0.25) is 0 Å². The molecule has 6 nitrogen and oxygen atoms in total. The van der Waals surface area contributed by atoms with Gasteiger partial charge in [0.15, 0.2) is 5.82 Å². The lowest BCUT2D eigenvalue weighted by Crippen LogP contribution is -2.44. The maximum absolute atomic E-state index is 6.25. The van der Waals surface area contributed by atoms with Crippen molar-refractivity contribution < 1.29 is 9.26 Å². The minimum Gasteiger partial charge on any atom is -0.486 e. The van der Waals surface area contributed by atoms with Gasteiger partial charge in [-0.1, -0.05) is 17.3 Å². The molecule has 0 bridgehead atoms. The smallest absolute Gasteiger partial charge is 0.261 e. The van der Waals surface area contributed by atoms with Crippen LogP contribution >= 0.6 is 11.3 Å². The first-order valence-electron chi connectivity index (χ1n) is 7.47. The number of ether oxygens (including phenoxy) is 1. The lowest BCUT2D eigenvalue weighted by atomic mass is 9.77. The van der Waals surface area contributed by atoms with Gasteiger partial charge in [-0.05, 0) is 31.4 Å². The number of hydrogen-bond donors (Lipinski definition) is 1. The van der Waals surface area contributed by atoms with E-state index >= 15 is 0 Å². The molecule has 0 radical (unpaired) electrons. The van der Waals surface area contributed by atoms with Crippen molar-refractivity contribution in [2.75, 3.05) is 0 Å². The summed E-state index contributed by atoms with van der Waals surface area (Å²) in [6.45, 7) is 0.405. The van der Waals surface area contributed by atoms with Crippen molar-refractivity contribution in [2.45, 2.75) is 31.4 Å². The van der Waals surface area contributed by atoms with E-state index in [0.29, 0.717) is 24.1 Å². The van der Waals surface area contributed by atoms with Gasteiger partial charge in [-0.3, -0.25) is 0 Å². The predicted molar refractivity (Wildman–Crippen MR) is 85.9 cm³/mol. The zero-order chi connectivity index (χ0) is 15.7. The molecule has 118 valence electrons. The van der Waals surface area contributed by atoms with E-state index in [1.165, 1.54) is 0 Å². The first-order chi connectivity index (χ1) is 11.2. The molecule has 1 saturated carbocycles. The monoisotopic (exact) mass is 328 g/mol. The molecular formula is C16H16N4O2S. The summed E-state index contributed by atoms with van der Waals surface area (Å²) in [5, 5.41) is 6.02. The molecule has 4 rings (SSSR count). The normalized spacial score (nSPS) is 16.0. The van der Waals surface area contributed by atoms with Crippen LogP contribution in [0.25, 0.3) is 11.5 Å². The van der Waals surface area contributed by atoms with E-state index in [1.54, 1.807) is 16.8 Å². The van der Waals surface area contributed by atoms with Gasteiger partial charge in [-0.15, -0.1) is 11.3 Å². The lowest BCUT2D eigenvalue weighted by Gasteiger charge is -2.34. The third-order valence-electron chi connectivity index (χ3n) is 4.09. The molecule has 2 N–H and O–H groups in total. The Labute approximate surface area is 137 Å². The Kier molecular flexibility index (Phi) is 3.59. The van der Waals surface area contributed by atoms with Crippen LogP contribution in [0.4, 0.5) is 0 Å². The average Bonchev–Trinajstić information content (AvgIpc) is 3.22. The van der Waals surface area contributed by atoms with E-state index in [2.05, 4.69) is 15.1 Å². The molecule has 1 aliphatic rings. The summed E-state index contributed by atoms with van der Waals surface area (Å²) >= 11 is 1.54. The molecule has 0 aliphatic heterocycles. The summed E-state index contributed by atoms with van der Waals surface area (Å²) in [6, 6.07) is 7.61. The summed E-state index contributed by atoms with van der Waals surface area (Å²) < 4.78 is 11.3. The van der Waals surface area contributed by atoms with Crippen molar-refractivity contribution >= 4 is 11.3 Å². The molecule has 2 heterocycles. The summed E-state index contributed by atoms with van der Waals surface area (Å²) in [6.07, 6.45) is 2.90. The number of benzene rings is 1. The second-order valence-electron chi connectivity index (χ2n) is 5.70. The van der Waals surface area contributed by atoms with Crippen LogP contribution in [0.2, 0.25) is 0 Å². The third-order valence-corrected chi connectivity index (χ3v) is 4.73. The summed E-state index contributed by atoms with van der Waals surface area (Å²) in [5.41, 5.74) is 9.27. The molecule has 1 fully saturated rings. The van der Waals surface area contributed by atoms with Crippen LogP contribution in [-0.4, -0.2) is 15.1 Å². The fraction of sp³-hybridized carbons (Fsp3) is 0.312. The topological polar surface area (TPSA) is 87.1 Å². The molecule has 1 aliphatic carbocycles. The van der Waals surface area contributed by atoms with Gasteiger partial charge >= 0.3 is 0 Å². The van der Waals surface area contributed by atoms with Crippen molar-refractivity contribution in [3.05, 3.63) is 46.7 Å². The summed E-state index contributed by atoms with van der Waals surface area (Å²) in [7, 11) is 0. The van der Waals surface area contributed by atoms with Crippen LogP contribution in [0.1, 0.15) is 30.8 Å². The molecule has 2 aromatic heterocycles. The second kappa shape index (κ2) is 5.75. The number of nitrogens with zero attached hydrogens (tertiary/aromatic N) is 3. The van der Waals surface area contributed by atoms with E-state index in [-0.39, 0.29) is 0 Å². The highest BCUT2D eigenvalue weighted by molar-refractivity contribution is 7.07. The molecule has 7 heteroatoms. The predicted octanol–water partition coefficient (Wildman–Crippen LogP) is 3.11. The molecule has 3 aromatic rings. The first kappa shape index (κ1) is 14.3. The maximum atomic E-state index is 6.25. The summed E-state index contributed by atoms with van der Waals surface area (Å²) in [4.78, 5) is 8.70. The highest BCUT2D eigenvalue weighted by Crippen LogP contribution is 2.38. The zero-order valence-electron chi connectivity index (χ0n) is 12.4. The van der Waals surface area contributed by atoms with Crippen LogP contribution in [0.3, 0.4) is 0 Å². The van der Waals surface area contributed by atoms with Crippen molar-refractivity contribution in [3.8, 4) is 17.2 Å². The van der Waals surface area contributed by atoms with Crippen molar-refractivity contribution in [1.29, 1.82) is 0 Å². The molecule has 0 unspecified atom stereocenters. The van der Waals surface area contributed by atoms with Crippen LogP contribution in [0.15, 0.2) is 39.7 Å². The Morgan fingerprint density at radius 2 is 2.17 bits per heavy atom. The largest absolute Gasteiger partial charge is 0.486 e. The van der Waals surface area contributed by atoms with Crippen LogP contribution in [0, 0.1) is 0 Å². The number of nitrogens with two attached hydrogens (primary N) is 1. The van der Waals surface area contributed by atoms with Gasteiger partial charge in [0.1, 0.15) is 12.4 Å². The number of hydrogen-bond acceptors (Lipinski definition) is 7. The number of thiazole rings is 1. The molecule has 23 heavy (non-hydrogen) atoms. The quantitative estimate of drug-likeness (QED) is 0.774. The lowest BCUT2D eigenvalue weighted by molar-refractivity contribution is 0.229. The Balaban J connectivity index is 1.59. The summed E-state index contributed by atoms with van der Waals surface area (Å²) in [5.74, 6) is 1.70. The molecule has 0 spiro atoms. The van der Waals surface area contributed by atoms with E-state index in [0.717, 1.165) is 30.5 Å². The molecule has 0 saturated heterocycles. The van der Waals surface area contributed by atoms with Crippen molar-refractivity contribution in [1.82, 2.24) is 15.1 Å². The van der Waals surface area contributed by atoms with Gasteiger partial charge in [-0.2, -0.15) is 4.98 Å². The van der Waals surface area contributed by atoms with E-state index in [9.17, 15) is 0 Å². The Bertz CT molecular complexity index is 796. The number of aromatic nitrogens is 3. The Hall–Kier alpha value is -2.25. The Morgan fingerprint density at radius 3 is 2.91 bits per heavy atom. The SMILES string of the molecule is NC1(c2noc(-c3ccccc3OCc3cscn3)n2)CCC1. The average molecular weight is 328 g/mol. The van der Waals surface area contributed by atoms with Crippen molar-refractivity contribution in [3.63, 3.8) is 0 Å². The van der Waals surface area contributed by atoms with E-state index in [4.69, 9.17) is 15.0 Å². The fourth-order valence-electron chi connectivity index (χ4n) is 2.55. The molecule has 1 aromatic carbocycles. The van der Waals surface area contributed by atoms with Gasteiger partial charge in [0.25, 0.3) is 5.89 Å². The highest BCUT2D eigenvalue weighted by atomic mass is 32.1.